The number of hydrogen-bond donors (Lipinski definition) is 1. The Labute approximate surface area is 121 Å². The molecule has 0 spiro atoms. The normalized spacial score (nSPS) is 17.8. The van der Waals surface area contributed by atoms with Gasteiger partial charge >= 0.3 is 0 Å². The number of hydrogen-bond acceptors (Lipinski definition) is 3. The molecule has 0 bridgehead atoms. The summed E-state index contributed by atoms with van der Waals surface area (Å²) in [6, 6.07) is 0.548. The third-order valence-electron chi connectivity index (χ3n) is 4.27. The van der Waals surface area contributed by atoms with Gasteiger partial charge in [0.25, 0.3) is 0 Å². The monoisotopic (exact) mass is 282 g/mol. The van der Waals surface area contributed by atoms with Crippen LogP contribution < -0.4 is 4.90 Å². The Kier molecular flexibility index (Phi) is 5.02. The number of H-pyrrole nitrogens is 1. The van der Waals surface area contributed by atoms with Crippen LogP contribution in [0, 0.1) is 10.7 Å². The minimum Gasteiger partial charge on any atom is -0.341 e. The van der Waals surface area contributed by atoms with Crippen LogP contribution >= 0.6 is 12.2 Å². The highest BCUT2D eigenvalue weighted by Crippen LogP contribution is 2.32. The molecule has 1 aromatic heterocycles. The smallest absolute Gasteiger partial charge is 0.225 e. The lowest BCUT2D eigenvalue weighted by Gasteiger charge is -2.26. The van der Waals surface area contributed by atoms with Crippen LogP contribution in [0.3, 0.4) is 0 Å². The molecule has 0 saturated heterocycles. The molecule has 1 heterocycles. The van der Waals surface area contributed by atoms with Gasteiger partial charge in [-0.3, -0.25) is 4.57 Å². The third kappa shape index (κ3) is 3.19. The maximum absolute atomic E-state index is 5.44. The highest BCUT2D eigenvalue weighted by atomic mass is 32.1. The molecule has 1 aliphatic rings. The van der Waals surface area contributed by atoms with E-state index in [1.54, 1.807) is 0 Å². The lowest BCUT2D eigenvalue weighted by atomic mass is 10.1. The Morgan fingerprint density at radius 1 is 1.42 bits per heavy atom. The molecule has 1 N–H and O–H groups in total. The fourth-order valence-corrected chi connectivity index (χ4v) is 3.14. The summed E-state index contributed by atoms with van der Waals surface area (Å²) in [6.45, 7) is 8.77. The summed E-state index contributed by atoms with van der Waals surface area (Å²) in [5.41, 5.74) is 0. The molecule has 1 aromatic rings. The van der Waals surface area contributed by atoms with Crippen LogP contribution in [0.1, 0.15) is 58.9 Å². The predicted molar refractivity (Wildman–Crippen MR) is 82.3 cm³/mol. The molecule has 0 aromatic carbocycles. The van der Waals surface area contributed by atoms with Gasteiger partial charge in [0.1, 0.15) is 0 Å². The maximum atomic E-state index is 5.44. The maximum Gasteiger partial charge on any atom is 0.225 e. The zero-order chi connectivity index (χ0) is 13.8. The van der Waals surface area contributed by atoms with Crippen LogP contribution in [-0.4, -0.2) is 27.9 Å². The van der Waals surface area contributed by atoms with Crippen LogP contribution in [0.4, 0.5) is 5.95 Å². The summed E-state index contributed by atoms with van der Waals surface area (Å²) >= 11 is 5.44. The first-order chi connectivity index (χ1) is 9.17. The quantitative estimate of drug-likeness (QED) is 0.803. The standard InChI is InChI=1S/C14H26N4S/c1-4-11(3)10-17(5-2)13-15-16-14(19)18(13)12-8-6-7-9-12/h11-12H,4-10H2,1-3H3,(H,16,19). The molecular weight excluding hydrogens is 256 g/mol. The molecule has 5 heteroatoms. The molecule has 1 saturated carbocycles. The fraction of sp³-hybridized carbons (Fsp3) is 0.857. The van der Waals surface area contributed by atoms with E-state index in [2.05, 4.69) is 40.4 Å². The molecule has 0 aliphatic heterocycles. The Balaban J connectivity index is 2.24. The zero-order valence-electron chi connectivity index (χ0n) is 12.4. The van der Waals surface area contributed by atoms with Gasteiger partial charge in [0.05, 0.1) is 0 Å². The van der Waals surface area contributed by atoms with Crippen LogP contribution in [0.25, 0.3) is 0 Å². The van der Waals surface area contributed by atoms with Crippen molar-refractivity contribution >= 4 is 18.2 Å². The average Bonchev–Trinajstić information content (AvgIpc) is 3.04. The lowest BCUT2D eigenvalue weighted by molar-refractivity contribution is 0.489. The largest absolute Gasteiger partial charge is 0.341 e. The predicted octanol–water partition coefficient (Wildman–Crippen LogP) is 3.93. The zero-order valence-corrected chi connectivity index (χ0v) is 13.2. The van der Waals surface area contributed by atoms with Crippen molar-refractivity contribution in [3.8, 4) is 0 Å². The second-order valence-corrected chi connectivity index (χ2v) is 6.08. The van der Waals surface area contributed by atoms with E-state index in [0.717, 1.165) is 23.8 Å². The van der Waals surface area contributed by atoms with Gasteiger partial charge in [0.2, 0.25) is 5.95 Å². The summed E-state index contributed by atoms with van der Waals surface area (Å²) < 4.78 is 3.04. The molecule has 1 unspecified atom stereocenters. The summed E-state index contributed by atoms with van der Waals surface area (Å²) in [5.74, 6) is 1.72. The van der Waals surface area contributed by atoms with Gasteiger partial charge in [-0.05, 0) is 37.9 Å². The number of aromatic amines is 1. The molecule has 108 valence electrons. The minimum atomic E-state index is 0.548. The number of nitrogens with zero attached hydrogens (tertiary/aromatic N) is 3. The fourth-order valence-electron chi connectivity index (χ4n) is 2.87. The van der Waals surface area contributed by atoms with Gasteiger partial charge in [0, 0.05) is 19.1 Å². The van der Waals surface area contributed by atoms with Gasteiger partial charge < -0.3 is 4.90 Å². The molecule has 1 aliphatic carbocycles. The molecule has 19 heavy (non-hydrogen) atoms. The molecule has 4 nitrogen and oxygen atoms in total. The first-order valence-electron chi connectivity index (χ1n) is 7.59. The van der Waals surface area contributed by atoms with E-state index in [1.165, 1.54) is 32.1 Å². The summed E-state index contributed by atoms with van der Waals surface area (Å²) in [4.78, 5) is 2.36. The van der Waals surface area contributed by atoms with Crippen molar-refractivity contribution in [3.63, 3.8) is 0 Å². The summed E-state index contributed by atoms with van der Waals surface area (Å²) in [5, 5.41) is 7.48. The van der Waals surface area contributed by atoms with Crippen molar-refractivity contribution in [1.82, 2.24) is 14.8 Å². The van der Waals surface area contributed by atoms with Crippen molar-refractivity contribution in [3.05, 3.63) is 4.77 Å². The third-order valence-corrected chi connectivity index (χ3v) is 4.56. The Morgan fingerprint density at radius 2 is 2.11 bits per heavy atom. The van der Waals surface area contributed by atoms with Crippen molar-refractivity contribution in [2.24, 2.45) is 5.92 Å². The van der Waals surface area contributed by atoms with Gasteiger partial charge in [-0.2, -0.15) is 0 Å². The molecule has 0 amide bonds. The Hall–Kier alpha value is -0.840. The summed E-state index contributed by atoms with van der Waals surface area (Å²) in [6.07, 6.45) is 6.30. The highest BCUT2D eigenvalue weighted by Gasteiger charge is 2.23. The van der Waals surface area contributed by atoms with E-state index in [-0.39, 0.29) is 0 Å². The number of nitrogens with one attached hydrogen (secondary N) is 1. The van der Waals surface area contributed by atoms with E-state index in [9.17, 15) is 0 Å². The van der Waals surface area contributed by atoms with E-state index >= 15 is 0 Å². The molecule has 2 rings (SSSR count). The molecule has 1 fully saturated rings. The second kappa shape index (κ2) is 6.55. The molecule has 1 atom stereocenters. The molecular formula is C14H26N4S. The van der Waals surface area contributed by atoms with E-state index < -0.39 is 0 Å². The first-order valence-corrected chi connectivity index (χ1v) is 8.00. The van der Waals surface area contributed by atoms with Gasteiger partial charge in [0.15, 0.2) is 4.77 Å². The number of aromatic nitrogens is 3. The number of anilines is 1. The lowest BCUT2D eigenvalue weighted by Crippen LogP contribution is -2.31. The van der Waals surface area contributed by atoms with Crippen LogP contribution in [0.5, 0.6) is 0 Å². The SMILES string of the molecule is CCC(C)CN(CC)c1n[nH]c(=S)n1C1CCCC1. The number of rotatable bonds is 6. The topological polar surface area (TPSA) is 36.9 Å². The second-order valence-electron chi connectivity index (χ2n) is 5.69. The minimum absolute atomic E-state index is 0.548. The highest BCUT2D eigenvalue weighted by molar-refractivity contribution is 7.71. The molecule has 0 radical (unpaired) electrons. The van der Waals surface area contributed by atoms with Crippen molar-refractivity contribution in [2.45, 2.75) is 58.9 Å². The summed E-state index contributed by atoms with van der Waals surface area (Å²) in [7, 11) is 0. The van der Waals surface area contributed by atoms with E-state index in [0.29, 0.717) is 12.0 Å². The van der Waals surface area contributed by atoms with Crippen LogP contribution in [0.2, 0.25) is 0 Å². The van der Waals surface area contributed by atoms with Crippen molar-refractivity contribution in [2.75, 3.05) is 18.0 Å². The Morgan fingerprint density at radius 3 is 2.68 bits per heavy atom. The van der Waals surface area contributed by atoms with Crippen LogP contribution in [-0.2, 0) is 0 Å². The van der Waals surface area contributed by atoms with Crippen molar-refractivity contribution < 1.29 is 0 Å². The van der Waals surface area contributed by atoms with Gasteiger partial charge in [-0.1, -0.05) is 33.1 Å². The van der Waals surface area contributed by atoms with Crippen LogP contribution in [0.15, 0.2) is 0 Å². The van der Waals surface area contributed by atoms with Gasteiger partial charge in [-0.15, -0.1) is 5.10 Å². The van der Waals surface area contributed by atoms with E-state index in [4.69, 9.17) is 12.2 Å². The average molecular weight is 282 g/mol. The Bertz CT molecular complexity index is 445. The van der Waals surface area contributed by atoms with Gasteiger partial charge in [-0.25, -0.2) is 5.10 Å². The first kappa shape index (κ1) is 14.6. The van der Waals surface area contributed by atoms with Crippen molar-refractivity contribution in [1.29, 1.82) is 0 Å². The van der Waals surface area contributed by atoms with E-state index in [1.807, 2.05) is 0 Å².